The van der Waals surface area contributed by atoms with E-state index in [-0.39, 0.29) is 11.8 Å². The molecule has 1 N–H and O–H groups in total. The van der Waals surface area contributed by atoms with Gasteiger partial charge in [0.2, 0.25) is 5.91 Å². The SMILES string of the molecule is CCOc1ccc(NC(=O)C2CCCN(c3ccc(-c4cccs4)nn3)C2)cc1. The first kappa shape index (κ1) is 19.4. The van der Waals surface area contributed by atoms with Crippen LogP contribution < -0.4 is 15.0 Å². The van der Waals surface area contributed by atoms with E-state index in [1.807, 2.05) is 60.8 Å². The smallest absolute Gasteiger partial charge is 0.229 e. The molecular weight excluding hydrogens is 384 g/mol. The summed E-state index contributed by atoms with van der Waals surface area (Å²) < 4.78 is 5.45. The first-order valence-electron chi connectivity index (χ1n) is 9.89. The molecule has 1 unspecified atom stereocenters. The highest BCUT2D eigenvalue weighted by Gasteiger charge is 2.27. The van der Waals surface area contributed by atoms with Gasteiger partial charge in [0, 0.05) is 18.8 Å². The predicted molar refractivity (Wildman–Crippen MR) is 117 cm³/mol. The van der Waals surface area contributed by atoms with Crippen molar-refractivity contribution in [2.75, 3.05) is 29.9 Å². The van der Waals surface area contributed by atoms with Crippen LogP contribution in [0.3, 0.4) is 0 Å². The zero-order valence-electron chi connectivity index (χ0n) is 16.4. The number of ether oxygens (including phenoxy) is 1. The maximum Gasteiger partial charge on any atom is 0.229 e. The van der Waals surface area contributed by atoms with Gasteiger partial charge in [-0.25, -0.2) is 0 Å². The minimum absolute atomic E-state index is 0.0435. The van der Waals surface area contributed by atoms with E-state index >= 15 is 0 Å². The normalized spacial score (nSPS) is 16.4. The summed E-state index contributed by atoms with van der Waals surface area (Å²) in [7, 11) is 0. The molecule has 2 aromatic heterocycles. The lowest BCUT2D eigenvalue weighted by molar-refractivity contribution is -0.120. The van der Waals surface area contributed by atoms with Crippen molar-refractivity contribution in [3.63, 3.8) is 0 Å². The molecule has 1 saturated heterocycles. The fourth-order valence-electron chi connectivity index (χ4n) is 3.49. The fourth-order valence-corrected chi connectivity index (χ4v) is 4.18. The van der Waals surface area contributed by atoms with Gasteiger partial charge in [0.05, 0.1) is 17.4 Å². The van der Waals surface area contributed by atoms with Crippen molar-refractivity contribution in [2.24, 2.45) is 5.92 Å². The van der Waals surface area contributed by atoms with Crippen LogP contribution in [-0.2, 0) is 4.79 Å². The molecule has 0 saturated carbocycles. The number of piperidine rings is 1. The third-order valence-corrected chi connectivity index (χ3v) is 5.87. The van der Waals surface area contributed by atoms with E-state index in [2.05, 4.69) is 20.4 Å². The molecule has 0 bridgehead atoms. The number of anilines is 2. The van der Waals surface area contributed by atoms with Gasteiger partial charge in [-0.1, -0.05) is 6.07 Å². The Bertz CT molecular complexity index is 926. The third-order valence-electron chi connectivity index (χ3n) is 4.97. The van der Waals surface area contributed by atoms with Crippen LogP contribution in [0, 0.1) is 5.92 Å². The summed E-state index contributed by atoms with van der Waals surface area (Å²) in [5.41, 5.74) is 1.67. The average Bonchev–Trinajstić information content (AvgIpc) is 3.30. The molecule has 3 aromatic rings. The highest BCUT2D eigenvalue weighted by atomic mass is 32.1. The molecule has 1 amide bonds. The van der Waals surface area contributed by atoms with Crippen LogP contribution in [0.15, 0.2) is 53.9 Å². The topological polar surface area (TPSA) is 67.3 Å². The van der Waals surface area contributed by atoms with Crippen molar-refractivity contribution in [1.29, 1.82) is 0 Å². The van der Waals surface area contributed by atoms with Crippen LogP contribution in [0.5, 0.6) is 5.75 Å². The summed E-state index contributed by atoms with van der Waals surface area (Å²) in [4.78, 5) is 16.0. The molecule has 1 fully saturated rings. The van der Waals surface area contributed by atoms with Gasteiger partial charge < -0.3 is 15.0 Å². The molecule has 1 aromatic carbocycles. The molecule has 7 heteroatoms. The van der Waals surface area contributed by atoms with E-state index < -0.39 is 0 Å². The number of carbonyl (C=O) groups excluding carboxylic acids is 1. The van der Waals surface area contributed by atoms with Gasteiger partial charge in [0.1, 0.15) is 11.4 Å². The van der Waals surface area contributed by atoms with Crippen LogP contribution in [0.1, 0.15) is 19.8 Å². The second kappa shape index (κ2) is 9.05. The molecule has 0 radical (unpaired) electrons. The summed E-state index contributed by atoms with van der Waals surface area (Å²) in [6, 6.07) is 15.5. The van der Waals surface area contributed by atoms with Gasteiger partial charge >= 0.3 is 0 Å². The lowest BCUT2D eigenvalue weighted by Crippen LogP contribution is -2.41. The molecule has 29 heavy (non-hydrogen) atoms. The monoisotopic (exact) mass is 408 g/mol. The van der Waals surface area contributed by atoms with Crippen LogP contribution in [0.4, 0.5) is 11.5 Å². The van der Waals surface area contributed by atoms with E-state index in [1.54, 1.807) is 11.3 Å². The zero-order valence-corrected chi connectivity index (χ0v) is 17.2. The Kier molecular flexibility index (Phi) is 6.05. The molecule has 0 aliphatic carbocycles. The minimum Gasteiger partial charge on any atom is -0.494 e. The number of nitrogens with one attached hydrogen (secondary N) is 1. The lowest BCUT2D eigenvalue weighted by atomic mass is 9.97. The van der Waals surface area contributed by atoms with Crippen LogP contribution in [0.2, 0.25) is 0 Å². The average molecular weight is 409 g/mol. The van der Waals surface area contributed by atoms with Crippen molar-refractivity contribution < 1.29 is 9.53 Å². The lowest BCUT2D eigenvalue weighted by Gasteiger charge is -2.32. The van der Waals surface area contributed by atoms with E-state index in [9.17, 15) is 4.79 Å². The summed E-state index contributed by atoms with van der Waals surface area (Å²) in [5, 5.41) is 13.8. The number of nitrogens with zero attached hydrogens (tertiary/aromatic N) is 3. The Hall–Kier alpha value is -2.93. The molecule has 150 valence electrons. The highest BCUT2D eigenvalue weighted by Crippen LogP contribution is 2.26. The molecule has 3 heterocycles. The van der Waals surface area contributed by atoms with Gasteiger partial charge in [-0.15, -0.1) is 21.5 Å². The Balaban J connectivity index is 1.38. The number of rotatable bonds is 6. The molecule has 0 spiro atoms. The number of carbonyl (C=O) groups is 1. The Morgan fingerprint density at radius 3 is 2.76 bits per heavy atom. The summed E-state index contributed by atoms with van der Waals surface area (Å²) in [6.45, 7) is 4.11. The summed E-state index contributed by atoms with van der Waals surface area (Å²) in [6.07, 6.45) is 1.83. The van der Waals surface area contributed by atoms with Crippen molar-refractivity contribution >= 4 is 28.7 Å². The maximum absolute atomic E-state index is 12.8. The third kappa shape index (κ3) is 4.74. The van der Waals surface area contributed by atoms with Gasteiger partial charge in [0.25, 0.3) is 0 Å². The van der Waals surface area contributed by atoms with Gasteiger partial charge in [-0.3, -0.25) is 4.79 Å². The Labute approximate surface area is 174 Å². The number of hydrogen-bond donors (Lipinski definition) is 1. The first-order chi connectivity index (χ1) is 14.2. The minimum atomic E-state index is -0.0749. The maximum atomic E-state index is 12.8. The molecule has 4 rings (SSSR count). The van der Waals surface area contributed by atoms with Crippen LogP contribution >= 0.6 is 11.3 Å². The molecular formula is C22H24N4O2S. The van der Waals surface area contributed by atoms with Gasteiger partial charge in [-0.2, -0.15) is 0 Å². The molecule has 1 aliphatic heterocycles. The van der Waals surface area contributed by atoms with Gasteiger partial charge in [-0.05, 0) is 67.6 Å². The van der Waals surface area contributed by atoms with Crippen molar-refractivity contribution in [2.45, 2.75) is 19.8 Å². The van der Waals surface area contributed by atoms with E-state index in [0.29, 0.717) is 13.2 Å². The summed E-state index contributed by atoms with van der Waals surface area (Å²) in [5.74, 6) is 1.60. The second-order valence-corrected chi connectivity index (χ2v) is 7.93. The quantitative estimate of drug-likeness (QED) is 0.652. The molecule has 1 aliphatic rings. The zero-order chi connectivity index (χ0) is 20.1. The number of aromatic nitrogens is 2. The van der Waals surface area contributed by atoms with Gasteiger partial charge in [0.15, 0.2) is 5.82 Å². The second-order valence-electron chi connectivity index (χ2n) is 6.99. The number of benzene rings is 1. The Morgan fingerprint density at radius 1 is 1.21 bits per heavy atom. The first-order valence-corrected chi connectivity index (χ1v) is 10.8. The number of amides is 1. The summed E-state index contributed by atoms with van der Waals surface area (Å²) >= 11 is 1.65. The van der Waals surface area contributed by atoms with E-state index in [4.69, 9.17) is 4.74 Å². The molecule has 6 nitrogen and oxygen atoms in total. The van der Waals surface area contributed by atoms with E-state index in [1.165, 1.54) is 0 Å². The van der Waals surface area contributed by atoms with Crippen molar-refractivity contribution in [3.05, 3.63) is 53.9 Å². The predicted octanol–water partition coefficient (Wildman–Crippen LogP) is 4.46. The largest absolute Gasteiger partial charge is 0.494 e. The highest BCUT2D eigenvalue weighted by molar-refractivity contribution is 7.13. The number of thiophene rings is 1. The fraction of sp³-hybridized carbons (Fsp3) is 0.318. The van der Waals surface area contributed by atoms with Crippen LogP contribution in [-0.4, -0.2) is 35.8 Å². The van der Waals surface area contributed by atoms with Crippen molar-refractivity contribution in [1.82, 2.24) is 10.2 Å². The van der Waals surface area contributed by atoms with E-state index in [0.717, 1.165) is 47.2 Å². The molecule has 1 atom stereocenters. The standard InChI is InChI=1S/C22H24N4O2S/c1-2-28-18-9-7-17(8-10-18)23-22(27)16-5-3-13-26(15-16)21-12-11-19(24-25-21)20-6-4-14-29-20/h4,6-12,14,16H,2-3,5,13,15H2,1H3,(H,23,27). The van der Waals surface area contributed by atoms with Crippen LogP contribution in [0.25, 0.3) is 10.6 Å². The van der Waals surface area contributed by atoms with Crippen molar-refractivity contribution in [3.8, 4) is 16.3 Å². The Morgan fingerprint density at radius 2 is 2.07 bits per heavy atom. The number of hydrogen-bond acceptors (Lipinski definition) is 6.